The van der Waals surface area contributed by atoms with E-state index in [1.165, 1.54) is 26.2 Å². The molecule has 1 fully saturated rings. The number of hydrogen-bond donors (Lipinski definition) is 1. The average molecular weight is 390 g/mol. The number of Topliss-reactive ketones (excluding diaryl/α,β-unsaturated/α-hetero) is 1. The van der Waals surface area contributed by atoms with Gasteiger partial charge in [-0.15, -0.1) is 0 Å². The molecule has 1 aliphatic rings. The van der Waals surface area contributed by atoms with Gasteiger partial charge in [0.05, 0.1) is 12.6 Å². The molecular weight excluding hydrogens is 354 g/mol. The first kappa shape index (κ1) is 22.4. The third kappa shape index (κ3) is 8.01. The SMILES string of the molecule is CC(=O)C(OCc1ccccc1)C(CC1CCCCC1)NC(=O)OC(C)(C)C. The molecule has 0 aliphatic heterocycles. The average Bonchev–Trinajstić information content (AvgIpc) is 2.61. The van der Waals surface area contributed by atoms with Gasteiger partial charge in [-0.25, -0.2) is 4.79 Å². The van der Waals surface area contributed by atoms with Gasteiger partial charge >= 0.3 is 6.09 Å². The fourth-order valence-corrected chi connectivity index (χ4v) is 3.78. The number of alkyl carbamates (subject to hydrolysis) is 1. The van der Waals surface area contributed by atoms with Gasteiger partial charge in [0.15, 0.2) is 5.78 Å². The van der Waals surface area contributed by atoms with Gasteiger partial charge < -0.3 is 14.8 Å². The van der Waals surface area contributed by atoms with E-state index in [9.17, 15) is 9.59 Å². The summed E-state index contributed by atoms with van der Waals surface area (Å²) in [6, 6.07) is 9.38. The van der Waals surface area contributed by atoms with Crippen molar-refractivity contribution in [1.29, 1.82) is 0 Å². The number of benzene rings is 1. The van der Waals surface area contributed by atoms with Crippen LogP contribution in [0.3, 0.4) is 0 Å². The van der Waals surface area contributed by atoms with E-state index in [1.807, 2.05) is 51.1 Å². The monoisotopic (exact) mass is 389 g/mol. The highest BCUT2D eigenvalue weighted by molar-refractivity contribution is 5.82. The van der Waals surface area contributed by atoms with Crippen molar-refractivity contribution in [2.75, 3.05) is 0 Å². The van der Waals surface area contributed by atoms with E-state index < -0.39 is 17.8 Å². The van der Waals surface area contributed by atoms with Gasteiger partial charge in [0, 0.05) is 0 Å². The number of carbonyl (C=O) groups is 2. The van der Waals surface area contributed by atoms with Crippen molar-refractivity contribution < 1.29 is 19.1 Å². The molecule has 0 radical (unpaired) electrons. The predicted molar refractivity (Wildman–Crippen MR) is 110 cm³/mol. The Balaban J connectivity index is 2.09. The lowest BCUT2D eigenvalue weighted by Crippen LogP contribution is -2.50. The van der Waals surface area contributed by atoms with Gasteiger partial charge in [-0.3, -0.25) is 4.79 Å². The summed E-state index contributed by atoms with van der Waals surface area (Å²) in [6.45, 7) is 7.35. The van der Waals surface area contributed by atoms with Crippen LogP contribution >= 0.6 is 0 Å². The minimum atomic E-state index is -0.686. The Morgan fingerprint density at radius 1 is 1.11 bits per heavy atom. The van der Waals surface area contributed by atoms with Crippen LogP contribution in [-0.4, -0.2) is 29.6 Å². The standard InChI is InChI=1S/C23H35NO4/c1-17(25)21(27-16-19-13-9-6-10-14-19)20(15-18-11-7-5-8-12-18)24-22(26)28-23(2,3)4/h6,9-10,13-14,18,20-21H,5,7-8,11-12,15-16H2,1-4H3,(H,24,26). The summed E-state index contributed by atoms with van der Waals surface area (Å²) in [6.07, 6.45) is 5.50. The number of amides is 1. The molecule has 2 unspecified atom stereocenters. The van der Waals surface area contributed by atoms with Crippen LogP contribution in [0.2, 0.25) is 0 Å². The molecule has 0 aromatic heterocycles. The Labute approximate surface area is 169 Å². The summed E-state index contributed by atoms with van der Waals surface area (Å²) in [5.74, 6) is 0.420. The van der Waals surface area contributed by atoms with Crippen molar-refractivity contribution in [3.63, 3.8) is 0 Å². The first-order valence-electron chi connectivity index (χ1n) is 10.4. The smallest absolute Gasteiger partial charge is 0.407 e. The molecule has 0 saturated heterocycles. The molecule has 5 nitrogen and oxygen atoms in total. The maximum absolute atomic E-state index is 12.4. The molecule has 1 aliphatic carbocycles. The highest BCUT2D eigenvalue weighted by atomic mass is 16.6. The second-order valence-electron chi connectivity index (χ2n) is 8.82. The normalized spacial score (nSPS) is 17.6. The molecule has 1 aromatic rings. The summed E-state index contributed by atoms with van der Waals surface area (Å²) < 4.78 is 11.4. The molecule has 0 bridgehead atoms. The largest absolute Gasteiger partial charge is 0.444 e. The molecule has 2 atom stereocenters. The second kappa shape index (κ2) is 10.6. The fourth-order valence-electron chi connectivity index (χ4n) is 3.78. The van der Waals surface area contributed by atoms with Crippen LogP contribution in [0.15, 0.2) is 30.3 Å². The predicted octanol–water partition coefficient (Wildman–Crippen LogP) is 5.02. The van der Waals surface area contributed by atoms with Crippen molar-refractivity contribution >= 4 is 11.9 Å². The summed E-state index contributed by atoms with van der Waals surface area (Å²) >= 11 is 0. The van der Waals surface area contributed by atoms with Crippen LogP contribution in [0.4, 0.5) is 4.79 Å². The third-order valence-corrected chi connectivity index (χ3v) is 5.05. The van der Waals surface area contributed by atoms with E-state index in [0.29, 0.717) is 12.5 Å². The molecule has 5 heteroatoms. The topological polar surface area (TPSA) is 64.6 Å². The molecule has 1 N–H and O–H groups in total. The summed E-state index contributed by atoms with van der Waals surface area (Å²) in [7, 11) is 0. The minimum absolute atomic E-state index is 0.0761. The van der Waals surface area contributed by atoms with Crippen molar-refractivity contribution in [1.82, 2.24) is 5.32 Å². The van der Waals surface area contributed by atoms with E-state index in [-0.39, 0.29) is 11.8 Å². The van der Waals surface area contributed by atoms with Gasteiger partial charge in [-0.05, 0) is 45.6 Å². The first-order valence-corrected chi connectivity index (χ1v) is 10.4. The number of nitrogens with one attached hydrogen (secondary N) is 1. The Morgan fingerprint density at radius 3 is 2.32 bits per heavy atom. The summed E-state index contributed by atoms with van der Waals surface area (Å²) in [4.78, 5) is 24.8. The van der Waals surface area contributed by atoms with E-state index in [0.717, 1.165) is 24.8 Å². The van der Waals surface area contributed by atoms with E-state index in [4.69, 9.17) is 9.47 Å². The van der Waals surface area contributed by atoms with Crippen LogP contribution < -0.4 is 5.32 Å². The van der Waals surface area contributed by atoms with E-state index in [2.05, 4.69) is 5.32 Å². The molecule has 1 amide bonds. The van der Waals surface area contributed by atoms with Gasteiger partial charge in [0.2, 0.25) is 0 Å². The highest BCUT2D eigenvalue weighted by Crippen LogP contribution is 2.29. The minimum Gasteiger partial charge on any atom is -0.444 e. The van der Waals surface area contributed by atoms with E-state index >= 15 is 0 Å². The van der Waals surface area contributed by atoms with Crippen LogP contribution in [0.25, 0.3) is 0 Å². The number of hydrogen-bond acceptors (Lipinski definition) is 4. The lowest BCUT2D eigenvalue weighted by molar-refractivity contribution is -0.131. The van der Waals surface area contributed by atoms with Crippen molar-refractivity contribution in [2.24, 2.45) is 5.92 Å². The zero-order chi connectivity index (χ0) is 20.6. The second-order valence-corrected chi connectivity index (χ2v) is 8.82. The van der Waals surface area contributed by atoms with Crippen LogP contribution in [0.5, 0.6) is 0 Å². The molecule has 0 spiro atoms. The first-order chi connectivity index (χ1) is 13.2. The Bertz CT molecular complexity index is 617. The molecule has 28 heavy (non-hydrogen) atoms. The highest BCUT2D eigenvalue weighted by Gasteiger charge is 2.32. The molecule has 1 aromatic carbocycles. The number of ketones is 1. The van der Waals surface area contributed by atoms with Crippen molar-refractivity contribution in [3.8, 4) is 0 Å². The molecule has 1 saturated carbocycles. The molecule has 2 rings (SSSR count). The molecular formula is C23H35NO4. The zero-order valence-corrected chi connectivity index (χ0v) is 17.7. The van der Waals surface area contributed by atoms with Gasteiger partial charge in [0.1, 0.15) is 11.7 Å². The van der Waals surface area contributed by atoms with Crippen LogP contribution in [0.1, 0.15) is 71.8 Å². The van der Waals surface area contributed by atoms with Gasteiger partial charge in [0.25, 0.3) is 0 Å². The zero-order valence-electron chi connectivity index (χ0n) is 17.7. The maximum Gasteiger partial charge on any atom is 0.407 e. The van der Waals surface area contributed by atoms with Crippen molar-refractivity contribution in [3.05, 3.63) is 35.9 Å². The van der Waals surface area contributed by atoms with Crippen LogP contribution in [0, 0.1) is 5.92 Å². The number of rotatable bonds is 8. The van der Waals surface area contributed by atoms with E-state index in [1.54, 1.807) is 0 Å². The van der Waals surface area contributed by atoms with Crippen LogP contribution in [-0.2, 0) is 20.9 Å². The summed E-state index contributed by atoms with van der Waals surface area (Å²) in [5.41, 5.74) is 0.415. The Hall–Kier alpha value is -1.88. The number of carbonyl (C=O) groups excluding carboxylic acids is 2. The summed E-state index contributed by atoms with van der Waals surface area (Å²) in [5, 5.41) is 2.93. The lowest BCUT2D eigenvalue weighted by Gasteiger charge is -2.32. The quantitative estimate of drug-likeness (QED) is 0.678. The van der Waals surface area contributed by atoms with Crippen molar-refractivity contribution in [2.45, 2.75) is 90.6 Å². The third-order valence-electron chi connectivity index (χ3n) is 5.05. The Kier molecular flexibility index (Phi) is 8.49. The maximum atomic E-state index is 12.4. The van der Waals surface area contributed by atoms with Gasteiger partial charge in [-0.1, -0.05) is 62.4 Å². The number of ether oxygens (including phenoxy) is 2. The molecule has 0 heterocycles. The van der Waals surface area contributed by atoms with Gasteiger partial charge in [-0.2, -0.15) is 0 Å². The molecule has 156 valence electrons. The fraction of sp³-hybridized carbons (Fsp3) is 0.652. The Morgan fingerprint density at radius 2 is 1.75 bits per heavy atom. The lowest BCUT2D eigenvalue weighted by atomic mass is 9.83.